The number of halogens is 3. The van der Waals surface area contributed by atoms with Gasteiger partial charge in [-0.2, -0.15) is 13.2 Å². The second-order valence-corrected chi connectivity index (χ2v) is 6.45. The number of rotatable bonds is 2. The lowest BCUT2D eigenvalue weighted by molar-refractivity contribution is -0.139. The van der Waals surface area contributed by atoms with Crippen molar-refractivity contribution in [1.82, 2.24) is 4.90 Å². The van der Waals surface area contributed by atoms with Crippen molar-refractivity contribution >= 4 is 6.09 Å². The molecule has 0 radical (unpaired) electrons. The molecule has 128 valence electrons. The molecular formula is C16H20F3NO3. The van der Waals surface area contributed by atoms with Gasteiger partial charge < -0.3 is 14.4 Å². The van der Waals surface area contributed by atoms with Crippen LogP contribution in [0.1, 0.15) is 32.8 Å². The van der Waals surface area contributed by atoms with Crippen LogP contribution < -0.4 is 4.74 Å². The topological polar surface area (TPSA) is 38.8 Å². The molecule has 1 heterocycles. The average molecular weight is 331 g/mol. The Bertz CT molecular complexity index is 566. The predicted octanol–water partition coefficient (Wildman–Crippen LogP) is 4.09. The van der Waals surface area contributed by atoms with Gasteiger partial charge in [0.2, 0.25) is 0 Å². The van der Waals surface area contributed by atoms with Gasteiger partial charge in [0.25, 0.3) is 0 Å². The summed E-state index contributed by atoms with van der Waals surface area (Å²) in [5, 5.41) is 0. The highest BCUT2D eigenvalue weighted by Crippen LogP contribution is 2.36. The number of benzene rings is 1. The molecule has 1 saturated heterocycles. The van der Waals surface area contributed by atoms with E-state index in [1.807, 2.05) is 0 Å². The summed E-state index contributed by atoms with van der Waals surface area (Å²) in [7, 11) is 0. The molecule has 1 fully saturated rings. The third-order valence-electron chi connectivity index (χ3n) is 3.28. The minimum Gasteiger partial charge on any atom is -0.488 e. The van der Waals surface area contributed by atoms with E-state index in [0.717, 1.165) is 6.07 Å². The Kier molecular flexibility index (Phi) is 4.77. The van der Waals surface area contributed by atoms with E-state index in [1.165, 1.54) is 23.1 Å². The van der Waals surface area contributed by atoms with Gasteiger partial charge in [-0.3, -0.25) is 0 Å². The lowest BCUT2D eigenvalue weighted by atomic mass is 10.2. The quantitative estimate of drug-likeness (QED) is 0.819. The molecule has 23 heavy (non-hydrogen) atoms. The summed E-state index contributed by atoms with van der Waals surface area (Å²) in [5.41, 5.74) is -1.42. The van der Waals surface area contributed by atoms with E-state index < -0.39 is 29.5 Å². The zero-order chi connectivity index (χ0) is 17.3. The summed E-state index contributed by atoms with van der Waals surface area (Å²) in [4.78, 5) is 13.4. The van der Waals surface area contributed by atoms with Crippen LogP contribution in [-0.4, -0.2) is 35.8 Å². The maximum atomic E-state index is 12.9. The van der Waals surface area contributed by atoms with Crippen molar-refractivity contribution < 1.29 is 27.4 Å². The number of carbonyl (C=O) groups excluding carboxylic acids is 1. The van der Waals surface area contributed by atoms with Crippen molar-refractivity contribution in [3.63, 3.8) is 0 Å². The first-order valence-corrected chi connectivity index (χ1v) is 7.37. The highest BCUT2D eigenvalue weighted by molar-refractivity contribution is 5.68. The zero-order valence-electron chi connectivity index (χ0n) is 13.3. The molecule has 1 atom stereocenters. The van der Waals surface area contributed by atoms with Gasteiger partial charge in [0, 0.05) is 13.0 Å². The van der Waals surface area contributed by atoms with E-state index in [0.29, 0.717) is 13.0 Å². The molecule has 1 aliphatic rings. The maximum absolute atomic E-state index is 12.9. The standard InChI is InChI=1S/C16H20F3NO3/c1-15(2,3)23-14(21)20-9-8-11(10-20)22-13-7-5-4-6-12(13)16(17,18)19/h4-7,11H,8-10H2,1-3H3. The largest absolute Gasteiger partial charge is 0.488 e. The van der Waals surface area contributed by atoms with Crippen LogP contribution in [-0.2, 0) is 10.9 Å². The van der Waals surface area contributed by atoms with E-state index in [-0.39, 0.29) is 12.3 Å². The minimum absolute atomic E-state index is 0.209. The van der Waals surface area contributed by atoms with Crippen molar-refractivity contribution in [3.05, 3.63) is 29.8 Å². The molecule has 1 amide bonds. The molecular weight excluding hydrogens is 311 g/mol. The number of likely N-dealkylation sites (tertiary alicyclic amines) is 1. The van der Waals surface area contributed by atoms with Crippen LogP contribution in [0.2, 0.25) is 0 Å². The number of para-hydroxylation sites is 1. The van der Waals surface area contributed by atoms with Gasteiger partial charge in [0.05, 0.1) is 12.1 Å². The van der Waals surface area contributed by atoms with Crippen molar-refractivity contribution in [2.75, 3.05) is 13.1 Å². The van der Waals surface area contributed by atoms with Crippen LogP contribution in [0.15, 0.2) is 24.3 Å². The smallest absolute Gasteiger partial charge is 0.419 e. The highest BCUT2D eigenvalue weighted by atomic mass is 19.4. The predicted molar refractivity (Wildman–Crippen MR) is 78.3 cm³/mol. The van der Waals surface area contributed by atoms with Crippen LogP contribution in [0.4, 0.5) is 18.0 Å². The first-order valence-electron chi connectivity index (χ1n) is 7.37. The Morgan fingerprint density at radius 3 is 2.48 bits per heavy atom. The summed E-state index contributed by atoms with van der Waals surface area (Å²) in [6.07, 6.45) is -4.97. The molecule has 4 nitrogen and oxygen atoms in total. The van der Waals surface area contributed by atoms with Gasteiger partial charge in [0.1, 0.15) is 17.5 Å². The number of hydrogen-bond donors (Lipinski definition) is 0. The molecule has 0 saturated carbocycles. The SMILES string of the molecule is CC(C)(C)OC(=O)N1CCC(Oc2ccccc2C(F)(F)F)C1. The average Bonchev–Trinajstić information content (AvgIpc) is 2.85. The van der Waals surface area contributed by atoms with Crippen molar-refractivity contribution in [2.24, 2.45) is 0 Å². The zero-order valence-corrected chi connectivity index (χ0v) is 13.3. The number of hydrogen-bond acceptors (Lipinski definition) is 3. The highest BCUT2D eigenvalue weighted by Gasteiger charge is 2.36. The summed E-state index contributed by atoms with van der Waals surface area (Å²) < 4.78 is 49.6. The van der Waals surface area contributed by atoms with Gasteiger partial charge in [-0.1, -0.05) is 12.1 Å². The molecule has 1 aromatic rings. The fourth-order valence-corrected chi connectivity index (χ4v) is 2.30. The Balaban J connectivity index is 2.00. The molecule has 0 bridgehead atoms. The number of carbonyl (C=O) groups is 1. The molecule has 1 aromatic carbocycles. The first-order chi connectivity index (χ1) is 10.6. The summed E-state index contributed by atoms with van der Waals surface area (Å²) in [6, 6.07) is 5.08. The molecule has 0 N–H and O–H groups in total. The van der Waals surface area contributed by atoms with E-state index in [4.69, 9.17) is 9.47 Å². The second-order valence-electron chi connectivity index (χ2n) is 6.45. The Hall–Kier alpha value is -1.92. The minimum atomic E-state index is -4.47. The second kappa shape index (κ2) is 6.29. The van der Waals surface area contributed by atoms with Gasteiger partial charge in [-0.15, -0.1) is 0 Å². The lowest BCUT2D eigenvalue weighted by Gasteiger charge is -2.24. The van der Waals surface area contributed by atoms with Crippen LogP contribution in [0.25, 0.3) is 0 Å². The monoisotopic (exact) mass is 331 g/mol. The third-order valence-corrected chi connectivity index (χ3v) is 3.28. The van der Waals surface area contributed by atoms with Gasteiger partial charge in [-0.05, 0) is 32.9 Å². The van der Waals surface area contributed by atoms with Gasteiger partial charge >= 0.3 is 12.3 Å². The van der Waals surface area contributed by atoms with Crippen LogP contribution in [0.3, 0.4) is 0 Å². The third kappa shape index (κ3) is 4.77. The molecule has 0 aliphatic carbocycles. The Morgan fingerprint density at radius 1 is 1.22 bits per heavy atom. The fourth-order valence-electron chi connectivity index (χ4n) is 2.30. The summed E-state index contributed by atoms with van der Waals surface area (Å²) >= 11 is 0. The number of nitrogens with zero attached hydrogens (tertiary/aromatic N) is 1. The molecule has 2 rings (SSSR count). The van der Waals surface area contributed by atoms with Crippen molar-refractivity contribution in [3.8, 4) is 5.75 Å². The molecule has 7 heteroatoms. The fraction of sp³-hybridized carbons (Fsp3) is 0.562. The van der Waals surface area contributed by atoms with Crippen LogP contribution in [0.5, 0.6) is 5.75 Å². The molecule has 0 spiro atoms. The van der Waals surface area contributed by atoms with E-state index in [9.17, 15) is 18.0 Å². The number of amides is 1. The van der Waals surface area contributed by atoms with Crippen molar-refractivity contribution in [1.29, 1.82) is 0 Å². The van der Waals surface area contributed by atoms with Crippen LogP contribution >= 0.6 is 0 Å². The van der Waals surface area contributed by atoms with E-state index in [2.05, 4.69) is 0 Å². The Morgan fingerprint density at radius 2 is 1.87 bits per heavy atom. The van der Waals surface area contributed by atoms with Gasteiger partial charge in [-0.25, -0.2) is 4.79 Å². The van der Waals surface area contributed by atoms with Crippen molar-refractivity contribution in [2.45, 2.75) is 45.1 Å². The van der Waals surface area contributed by atoms with Gasteiger partial charge in [0.15, 0.2) is 0 Å². The molecule has 1 unspecified atom stereocenters. The number of alkyl halides is 3. The Labute approximate surface area is 133 Å². The number of ether oxygens (including phenoxy) is 2. The first kappa shape index (κ1) is 17.4. The van der Waals surface area contributed by atoms with Crippen LogP contribution in [0, 0.1) is 0 Å². The van der Waals surface area contributed by atoms with E-state index in [1.54, 1.807) is 20.8 Å². The summed E-state index contributed by atoms with van der Waals surface area (Å²) in [6.45, 7) is 5.88. The lowest BCUT2D eigenvalue weighted by Crippen LogP contribution is -2.36. The van der Waals surface area contributed by atoms with E-state index >= 15 is 0 Å². The molecule has 0 aromatic heterocycles. The maximum Gasteiger partial charge on any atom is 0.419 e. The molecule has 1 aliphatic heterocycles. The summed E-state index contributed by atoms with van der Waals surface area (Å²) in [5.74, 6) is -0.212. The normalized spacial score (nSPS) is 18.9.